The lowest BCUT2D eigenvalue weighted by atomic mass is 10.1. The Morgan fingerprint density at radius 1 is 1.07 bits per heavy atom. The predicted molar refractivity (Wildman–Crippen MR) is 111 cm³/mol. The first-order valence-corrected chi connectivity index (χ1v) is 10.7. The molecule has 0 aliphatic carbocycles. The van der Waals surface area contributed by atoms with Gasteiger partial charge < -0.3 is 19.5 Å². The van der Waals surface area contributed by atoms with Crippen molar-refractivity contribution in [3.63, 3.8) is 0 Å². The van der Waals surface area contributed by atoms with Crippen molar-refractivity contribution in [3.8, 4) is 17.2 Å². The van der Waals surface area contributed by atoms with E-state index in [0.717, 1.165) is 0 Å². The Balaban J connectivity index is 1.91. The molecule has 1 aliphatic rings. The molecule has 0 radical (unpaired) electrons. The van der Waals surface area contributed by atoms with Crippen molar-refractivity contribution >= 4 is 38.9 Å². The van der Waals surface area contributed by atoms with Crippen LogP contribution in [0.25, 0.3) is 0 Å². The molecule has 1 aliphatic heterocycles. The molecular weight excluding hydrogens is 420 g/mol. The standard InChI is InChI=1S/C19H21ClN2O6S/c1-26-16-9-12(10-17(27-2)18(16)28-3)19(23)21-13-5-6-14(20)15(11-13)22-7-4-8-29(22,24)25/h5-6,9-11H,4,7-8H2,1-3H3,(H,21,23). The molecule has 2 aromatic rings. The monoisotopic (exact) mass is 440 g/mol. The van der Waals surface area contributed by atoms with Gasteiger partial charge >= 0.3 is 0 Å². The quantitative estimate of drug-likeness (QED) is 0.741. The van der Waals surface area contributed by atoms with Gasteiger partial charge in [-0.05, 0) is 36.8 Å². The number of sulfonamides is 1. The molecular formula is C19H21ClN2O6S. The highest BCUT2D eigenvalue weighted by Crippen LogP contribution is 2.38. The van der Waals surface area contributed by atoms with Crippen LogP contribution >= 0.6 is 11.6 Å². The van der Waals surface area contributed by atoms with Crippen molar-refractivity contribution in [2.75, 3.05) is 43.2 Å². The second kappa shape index (κ2) is 8.38. The number of hydrogen-bond acceptors (Lipinski definition) is 6. The smallest absolute Gasteiger partial charge is 0.255 e. The fourth-order valence-electron chi connectivity index (χ4n) is 3.11. The summed E-state index contributed by atoms with van der Waals surface area (Å²) in [5, 5.41) is 3.04. The number of carbonyl (C=O) groups is 1. The number of amides is 1. The van der Waals surface area contributed by atoms with Crippen LogP contribution in [0.5, 0.6) is 17.2 Å². The van der Waals surface area contributed by atoms with Crippen LogP contribution in [0.1, 0.15) is 16.8 Å². The normalized spacial score (nSPS) is 15.1. The van der Waals surface area contributed by atoms with Crippen molar-refractivity contribution in [2.45, 2.75) is 6.42 Å². The second-order valence-electron chi connectivity index (χ2n) is 6.28. The number of halogens is 1. The third-order valence-electron chi connectivity index (χ3n) is 4.50. The Kier molecular flexibility index (Phi) is 6.09. The molecule has 0 saturated carbocycles. The zero-order valence-corrected chi connectivity index (χ0v) is 17.8. The number of nitrogens with zero attached hydrogens (tertiary/aromatic N) is 1. The third-order valence-corrected chi connectivity index (χ3v) is 6.67. The van der Waals surface area contributed by atoms with Crippen molar-refractivity contribution < 1.29 is 27.4 Å². The van der Waals surface area contributed by atoms with Gasteiger partial charge in [-0.25, -0.2) is 8.42 Å². The summed E-state index contributed by atoms with van der Waals surface area (Å²) in [4.78, 5) is 12.8. The minimum Gasteiger partial charge on any atom is -0.493 e. The summed E-state index contributed by atoms with van der Waals surface area (Å²) < 4.78 is 41.5. The van der Waals surface area contributed by atoms with E-state index < -0.39 is 15.9 Å². The molecule has 0 atom stereocenters. The molecule has 0 unspecified atom stereocenters. The van der Waals surface area contributed by atoms with Crippen molar-refractivity contribution in [3.05, 3.63) is 40.9 Å². The molecule has 10 heteroatoms. The molecule has 2 aromatic carbocycles. The van der Waals surface area contributed by atoms with Gasteiger partial charge in [-0.15, -0.1) is 0 Å². The minimum atomic E-state index is -3.40. The first-order valence-electron chi connectivity index (χ1n) is 8.72. The molecule has 0 spiro atoms. The molecule has 1 N–H and O–H groups in total. The van der Waals surface area contributed by atoms with Crippen LogP contribution < -0.4 is 23.8 Å². The van der Waals surface area contributed by atoms with Crippen molar-refractivity contribution in [2.24, 2.45) is 0 Å². The summed E-state index contributed by atoms with van der Waals surface area (Å²) in [5.41, 5.74) is 1.03. The maximum absolute atomic E-state index is 12.8. The lowest BCUT2D eigenvalue weighted by molar-refractivity contribution is 0.102. The SMILES string of the molecule is COc1cc(C(=O)Nc2ccc(Cl)c(N3CCCS3(=O)=O)c2)cc(OC)c1OC. The van der Waals surface area contributed by atoms with Gasteiger partial charge in [0.1, 0.15) is 0 Å². The Morgan fingerprint density at radius 2 is 1.72 bits per heavy atom. The van der Waals surface area contributed by atoms with Crippen LogP contribution in [0.3, 0.4) is 0 Å². The molecule has 3 rings (SSSR count). The van der Waals surface area contributed by atoms with Crippen LogP contribution in [0.2, 0.25) is 5.02 Å². The summed E-state index contributed by atoms with van der Waals surface area (Å²) in [5.74, 6) is 0.709. The van der Waals surface area contributed by atoms with Gasteiger partial charge in [0.25, 0.3) is 5.91 Å². The molecule has 1 amide bonds. The van der Waals surface area contributed by atoms with E-state index in [1.807, 2.05) is 0 Å². The molecule has 8 nitrogen and oxygen atoms in total. The van der Waals surface area contributed by atoms with Crippen molar-refractivity contribution in [1.29, 1.82) is 0 Å². The van der Waals surface area contributed by atoms with Gasteiger partial charge in [0.15, 0.2) is 11.5 Å². The number of carbonyl (C=O) groups excluding carboxylic acids is 1. The average molecular weight is 441 g/mol. The van der Waals surface area contributed by atoms with E-state index >= 15 is 0 Å². The molecule has 1 heterocycles. The number of methoxy groups -OCH3 is 3. The lowest BCUT2D eigenvalue weighted by Crippen LogP contribution is -2.25. The van der Waals surface area contributed by atoms with Gasteiger partial charge in [0, 0.05) is 17.8 Å². The Morgan fingerprint density at radius 3 is 2.24 bits per heavy atom. The molecule has 29 heavy (non-hydrogen) atoms. The number of rotatable bonds is 6. The van der Waals surface area contributed by atoms with Crippen LogP contribution in [0, 0.1) is 0 Å². The van der Waals surface area contributed by atoms with Crippen LogP contribution in [0.15, 0.2) is 30.3 Å². The summed E-state index contributed by atoms with van der Waals surface area (Å²) in [6.45, 7) is 0.354. The van der Waals surface area contributed by atoms with E-state index in [0.29, 0.717) is 46.6 Å². The highest BCUT2D eigenvalue weighted by Gasteiger charge is 2.30. The fraction of sp³-hybridized carbons (Fsp3) is 0.316. The first-order chi connectivity index (χ1) is 13.8. The van der Waals surface area contributed by atoms with E-state index in [-0.39, 0.29) is 11.3 Å². The molecule has 1 fully saturated rings. The summed E-state index contributed by atoms with van der Waals surface area (Å²) in [7, 11) is 0.996. The number of benzene rings is 2. The summed E-state index contributed by atoms with van der Waals surface area (Å²) >= 11 is 6.20. The van der Waals surface area contributed by atoms with E-state index in [4.69, 9.17) is 25.8 Å². The Bertz CT molecular complexity index is 1020. The van der Waals surface area contributed by atoms with Gasteiger partial charge in [-0.1, -0.05) is 11.6 Å². The lowest BCUT2D eigenvalue weighted by Gasteiger charge is -2.19. The van der Waals surface area contributed by atoms with Crippen molar-refractivity contribution in [1.82, 2.24) is 0 Å². The number of hydrogen-bond donors (Lipinski definition) is 1. The fourth-order valence-corrected chi connectivity index (χ4v) is 4.95. The highest BCUT2D eigenvalue weighted by molar-refractivity contribution is 7.93. The van der Waals surface area contributed by atoms with Crippen LogP contribution in [-0.4, -0.2) is 48.0 Å². The van der Waals surface area contributed by atoms with E-state index in [1.54, 1.807) is 18.2 Å². The van der Waals surface area contributed by atoms with Gasteiger partial charge in [0.05, 0.1) is 37.8 Å². The van der Waals surface area contributed by atoms with E-state index in [1.165, 1.54) is 37.8 Å². The van der Waals surface area contributed by atoms with Gasteiger partial charge in [-0.2, -0.15) is 0 Å². The van der Waals surface area contributed by atoms with Gasteiger partial charge in [0.2, 0.25) is 15.8 Å². The first kappa shape index (κ1) is 21.1. The van der Waals surface area contributed by atoms with Gasteiger partial charge in [-0.3, -0.25) is 9.10 Å². The number of anilines is 2. The second-order valence-corrected chi connectivity index (χ2v) is 8.70. The minimum absolute atomic E-state index is 0.0748. The van der Waals surface area contributed by atoms with Crippen LogP contribution in [0.4, 0.5) is 11.4 Å². The van der Waals surface area contributed by atoms with Crippen LogP contribution in [-0.2, 0) is 10.0 Å². The largest absolute Gasteiger partial charge is 0.493 e. The number of ether oxygens (including phenoxy) is 3. The molecule has 156 valence electrons. The zero-order valence-electron chi connectivity index (χ0n) is 16.2. The molecule has 1 saturated heterocycles. The maximum atomic E-state index is 12.8. The third kappa shape index (κ3) is 4.20. The zero-order chi connectivity index (χ0) is 21.2. The topological polar surface area (TPSA) is 94.2 Å². The maximum Gasteiger partial charge on any atom is 0.255 e. The predicted octanol–water partition coefficient (Wildman–Crippen LogP) is 3.16. The number of nitrogens with one attached hydrogen (secondary N) is 1. The van der Waals surface area contributed by atoms with E-state index in [9.17, 15) is 13.2 Å². The summed E-state index contributed by atoms with van der Waals surface area (Å²) in [6, 6.07) is 7.75. The average Bonchev–Trinajstić information content (AvgIpc) is 3.06. The summed E-state index contributed by atoms with van der Waals surface area (Å²) in [6.07, 6.45) is 0.528. The molecule has 0 bridgehead atoms. The highest BCUT2D eigenvalue weighted by atomic mass is 35.5. The Hall–Kier alpha value is -2.65. The van der Waals surface area contributed by atoms with E-state index in [2.05, 4.69) is 5.32 Å². The molecule has 0 aromatic heterocycles. The Labute approximate surface area is 174 Å².